The Morgan fingerprint density at radius 1 is 1.31 bits per heavy atom. The van der Waals surface area contributed by atoms with Gasteiger partial charge in [0, 0.05) is 17.8 Å². The van der Waals surface area contributed by atoms with Crippen molar-refractivity contribution < 1.29 is 0 Å². The molecular formula is C13H15N3. The van der Waals surface area contributed by atoms with Gasteiger partial charge in [0.2, 0.25) is 0 Å². The monoisotopic (exact) mass is 213 g/mol. The minimum Gasteiger partial charge on any atom is -0.399 e. The molecule has 0 amide bonds. The number of benzene rings is 1. The second kappa shape index (κ2) is 3.37. The zero-order valence-corrected chi connectivity index (χ0v) is 9.35. The van der Waals surface area contributed by atoms with Gasteiger partial charge < -0.3 is 5.73 Å². The molecule has 3 nitrogen and oxygen atoms in total. The molecule has 2 aromatic rings. The lowest BCUT2D eigenvalue weighted by Gasteiger charge is -2.06. The Hall–Kier alpha value is -1.77. The van der Waals surface area contributed by atoms with Crippen molar-refractivity contribution in [3.05, 3.63) is 41.7 Å². The van der Waals surface area contributed by atoms with Crippen molar-refractivity contribution >= 4 is 5.69 Å². The molecule has 16 heavy (non-hydrogen) atoms. The fraction of sp³-hybridized carbons (Fsp3) is 0.308. The third-order valence-electron chi connectivity index (χ3n) is 3.07. The molecule has 3 rings (SSSR count). The number of rotatable bonds is 2. The van der Waals surface area contributed by atoms with E-state index < -0.39 is 0 Å². The Morgan fingerprint density at radius 2 is 2.12 bits per heavy atom. The van der Waals surface area contributed by atoms with Crippen LogP contribution in [0.1, 0.15) is 30.0 Å². The van der Waals surface area contributed by atoms with E-state index >= 15 is 0 Å². The van der Waals surface area contributed by atoms with Crippen LogP contribution in [0.2, 0.25) is 0 Å². The summed E-state index contributed by atoms with van der Waals surface area (Å²) in [4.78, 5) is 0. The van der Waals surface area contributed by atoms with Crippen LogP contribution in [0.15, 0.2) is 30.5 Å². The summed E-state index contributed by atoms with van der Waals surface area (Å²) in [5.41, 5.74) is 10.0. The standard InChI is InChI=1S/C13H15N3/c1-9-8-11(14)4-5-13(9)16-7-6-12(15-16)10-2-3-10/h4-8,10H,2-3,14H2,1H3. The van der Waals surface area contributed by atoms with E-state index in [1.165, 1.54) is 18.5 Å². The molecule has 1 aromatic carbocycles. The summed E-state index contributed by atoms with van der Waals surface area (Å²) in [5.74, 6) is 0.704. The van der Waals surface area contributed by atoms with Gasteiger partial charge in [0.15, 0.2) is 0 Å². The van der Waals surface area contributed by atoms with Crippen molar-refractivity contribution in [2.24, 2.45) is 0 Å². The molecular weight excluding hydrogens is 198 g/mol. The summed E-state index contributed by atoms with van der Waals surface area (Å²) < 4.78 is 1.95. The number of aromatic nitrogens is 2. The number of hydrogen-bond donors (Lipinski definition) is 1. The molecule has 82 valence electrons. The highest BCUT2D eigenvalue weighted by Crippen LogP contribution is 2.39. The number of nitrogens with two attached hydrogens (primary N) is 1. The largest absolute Gasteiger partial charge is 0.399 e. The Bertz CT molecular complexity index is 524. The zero-order valence-electron chi connectivity index (χ0n) is 9.35. The third kappa shape index (κ3) is 1.58. The van der Waals surface area contributed by atoms with E-state index in [4.69, 9.17) is 5.73 Å². The minimum atomic E-state index is 0.704. The van der Waals surface area contributed by atoms with Gasteiger partial charge in [-0.25, -0.2) is 4.68 Å². The lowest BCUT2D eigenvalue weighted by atomic mass is 10.2. The van der Waals surface area contributed by atoms with Crippen molar-refractivity contribution in [3.8, 4) is 5.69 Å². The van der Waals surface area contributed by atoms with Crippen LogP contribution in [0.5, 0.6) is 0 Å². The Morgan fingerprint density at radius 3 is 2.81 bits per heavy atom. The molecule has 1 fully saturated rings. The predicted molar refractivity (Wildman–Crippen MR) is 64.7 cm³/mol. The summed E-state index contributed by atoms with van der Waals surface area (Å²) in [7, 11) is 0. The molecule has 0 spiro atoms. The van der Waals surface area contributed by atoms with Crippen LogP contribution >= 0.6 is 0 Å². The van der Waals surface area contributed by atoms with Gasteiger partial charge in [-0.05, 0) is 49.6 Å². The topological polar surface area (TPSA) is 43.8 Å². The smallest absolute Gasteiger partial charge is 0.0676 e. The van der Waals surface area contributed by atoms with E-state index in [1.807, 2.05) is 29.1 Å². The average Bonchev–Trinajstić information content (AvgIpc) is 2.98. The summed E-state index contributed by atoms with van der Waals surface area (Å²) >= 11 is 0. The van der Waals surface area contributed by atoms with Crippen LogP contribution in [-0.2, 0) is 0 Å². The summed E-state index contributed by atoms with van der Waals surface area (Å²) in [6, 6.07) is 8.04. The first kappa shape index (κ1) is 9.46. The molecule has 0 radical (unpaired) electrons. The summed E-state index contributed by atoms with van der Waals surface area (Å²) in [5, 5.41) is 4.61. The van der Waals surface area contributed by atoms with Crippen LogP contribution in [0.3, 0.4) is 0 Å². The maximum absolute atomic E-state index is 5.74. The number of anilines is 1. The molecule has 3 heteroatoms. The van der Waals surface area contributed by atoms with E-state index in [0.717, 1.165) is 16.9 Å². The number of nitrogens with zero attached hydrogens (tertiary/aromatic N) is 2. The number of aryl methyl sites for hydroxylation is 1. The van der Waals surface area contributed by atoms with Gasteiger partial charge in [0.1, 0.15) is 0 Å². The highest BCUT2D eigenvalue weighted by atomic mass is 15.3. The Labute approximate surface area is 94.9 Å². The van der Waals surface area contributed by atoms with Gasteiger partial charge in [0.05, 0.1) is 11.4 Å². The highest BCUT2D eigenvalue weighted by molar-refractivity contribution is 5.50. The van der Waals surface area contributed by atoms with Gasteiger partial charge in [-0.3, -0.25) is 0 Å². The maximum Gasteiger partial charge on any atom is 0.0676 e. The normalized spacial score (nSPS) is 15.3. The molecule has 1 aliphatic rings. The van der Waals surface area contributed by atoms with E-state index in [1.54, 1.807) is 0 Å². The Balaban J connectivity index is 2.00. The molecule has 0 unspecified atom stereocenters. The number of hydrogen-bond acceptors (Lipinski definition) is 2. The SMILES string of the molecule is Cc1cc(N)ccc1-n1ccc(C2CC2)n1. The van der Waals surface area contributed by atoms with Gasteiger partial charge >= 0.3 is 0 Å². The molecule has 0 saturated heterocycles. The molecule has 1 saturated carbocycles. The van der Waals surface area contributed by atoms with E-state index in [0.29, 0.717) is 5.92 Å². The molecule has 0 atom stereocenters. The van der Waals surface area contributed by atoms with Crippen molar-refractivity contribution in [1.82, 2.24) is 9.78 Å². The second-order valence-corrected chi connectivity index (χ2v) is 4.51. The molecule has 0 aliphatic heterocycles. The van der Waals surface area contributed by atoms with Crippen molar-refractivity contribution in [1.29, 1.82) is 0 Å². The lowest BCUT2D eigenvalue weighted by molar-refractivity contribution is 0.832. The second-order valence-electron chi connectivity index (χ2n) is 4.51. The van der Waals surface area contributed by atoms with E-state index in [-0.39, 0.29) is 0 Å². The molecule has 1 aliphatic carbocycles. The molecule has 1 heterocycles. The predicted octanol–water partition coefficient (Wildman–Crippen LogP) is 2.64. The van der Waals surface area contributed by atoms with Crippen molar-refractivity contribution in [3.63, 3.8) is 0 Å². The first-order chi connectivity index (χ1) is 7.74. The van der Waals surface area contributed by atoms with Gasteiger partial charge in [-0.15, -0.1) is 0 Å². The van der Waals surface area contributed by atoms with Gasteiger partial charge in [-0.2, -0.15) is 5.10 Å². The maximum atomic E-state index is 5.74. The fourth-order valence-corrected chi connectivity index (χ4v) is 2.00. The number of nitrogen functional groups attached to an aromatic ring is 1. The zero-order chi connectivity index (χ0) is 11.1. The summed E-state index contributed by atoms with van der Waals surface area (Å²) in [6.07, 6.45) is 4.61. The molecule has 1 aromatic heterocycles. The first-order valence-corrected chi connectivity index (χ1v) is 5.66. The van der Waals surface area contributed by atoms with Crippen molar-refractivity contribution in [2.45, 2.75) is 25.7 Å². The third-order valence-corrected chi connectivity index (χ3v) is 3.07. The van der Waals surface area contributed by atoms with E-state index in [2.05, 4.69) is 18.1 Å². The van der Waals surface area contributed by atoms with Gasteiger partial charge in [-0.1, -0.05) is 0 Å². The first-order valence-electron chi connectivity index (χ1n) is 5.66. The quantitative estimate of drug-likeness (QED) is 0.779. The van der Waals surface area contributed by atoms with Crippen LogP contribution in [-0.4, -0.2) is 9.78 Å². The summed E-state index contributed by atoms with van der Waals surface area (Å²) in [6.45, 7) is 2.06. The van der Waals surface area contributed by atoms with Crippen LogP contribution in [0.25, 0.3) is 5.69 Å². The molecule has 0 bridgehead atoms. The highest BCUT2D eigenvalue weighted by Gasteiger charge is 2.25. The van der Waals surface area contributed by atoms with Gasteiger partial charge in [0.25, 0.3) is 0 Å². The van der Waals surface area contributed by atoms with Crippen LogP contribution < -0.4 is 5.73 Å². The van der Waals surface area contributed by atoms with Crippen LogP contribution in [0.4, 0.5) is 5.69 Å². The lowest BCUT2D eigenvalue weighted by Crippen LogP contribution is -1.99. The fourth-order valence-electron chi connectivity index (χ4n) is 2.00. The van der Waals surface area contributed by atoms with Crippen molar-refractivity contribution in [2.75, 3.05) is 5.73 Å². The van der Waals surface area contributed by atoms with E-state index in [9.17, 15) is 0 Å². The minimum absolute atomic E-state index is 0.704. The molecule has 2 N–H and O–H groups in total. The Kier molecular flexibility index (Phi) is 1.99. The van der Waals surface area contributed by atoms with Crippen LogP contribution in [0, 0.1) is 6.92 Å². The average molecular weight is 213 g/mol.